The number of para-hydroxylation sites is 1. The molecule has 0 spiro atoms. The van der Waals surface area contributed by atoms with Gasteiger partial charge in [0.25, 0.3) is 0 Å². The molecule has 0 aliphatic carbocycles. The first kappa shape index (κ1) is 20.9. The number of hydrogen-bond acceptors (Lipinski definition) is 6. The van der Waals surface area contributed by atoms with Crippen LogP contribution in [-0.2, 0) is 14.3 Å². The van der Waals surface area contributed by atoms with E-state index in [9.17, 15) is 14.7 Å². The van der Waals surface area contributed by atoms with E-state index in [1.54, 1.807) is 6.92 Å². The predicted octanol–water partition coefficient (Wildman–Crippen LogP) is 0.0103. The third-order valence-corrected chi connectivity index (χ3v) is 3.33. The van der Waals surface area contributed by atoms with Gasteiger partial charge in [0.1, 0.15) is 18.4 Å². The summed E-state index contributed by atoms with van der Waals surface area (Å²) in [5.74, 6) is -0.797. The SMILES string of the molecule is CC(NC(=O)C(C)NCC(O)COCCOc1ccccc1)C(=O)O. The number of aliphatic hydroxyl groups excluding tert-OH is 1. The van der Waals surface area contributed by atoms with E-state index in [0.29, 0.717) is 13.2 Å². The van der Waals surface area contributed by atoms with Crippen molar-refractivity contribution < 1.29 is 29.3 Å². The molecule has 0 saturated heterocycles. The van der Waals surface area contributed by atoms with Crippen LogP contribution in [-0.4, -0.2) is 66.6 Å². The normalized spacial score (nSPS) is 14.4. The number of ether oxygens (including phenoxy) is 2. The molecule has 3 atom stereocenters. The fourth-order valence-electron chi connectivity index (χ4n) is 1.82. The molecule has 3 unspecified atom stereocenters. The van der Waals surface area contributed by atoms with Crippen molar-refractivity contribution in [2.24, 2.45) is 0 Å². The van der Waals surface area contributed by atoms with E-state index < -0.39 is 30.1 Å². The fraction of sp³-hybridized carbons (Fsp3) is 0.529. The third kappa shape index (κ3) is 9.04. The van der Waals surface area contributed by atoms with Crippen LogP contribution >= 0.6 is 0 Å². The highest BCUT2D eigenvalue weighted by Crippen LogP contribution is 2.07. The van der Waals surface area contributed by atoms with E-state index >= 15 is 0 Å². The van der Waals surface area contributed by atoms with Crippen LogP contribution in [0.15, 0.2) is 30.3 Å². The molecule has 0 aliphatic heterocycles. The van der Waals surface area contributed by atoms with Crippen molar-refractivity contribution >= 4 is 11.9 Å². The molecule has 0 aliphatic rings. The maximum Gasteiger partial charge on any atom is 0.325 e. The first-order valence-corrected chi connectivity index (χ1v) is 8.10. The molecule has 0 radical (unpaired) electrons. The lowest BCUT2D eigenvalue weighted by Gasteiger charge is -2.18. The van der Waals surface area contributed by atoms with E-state index in [-0.39, 0.29) is 13.2 Å². The van der Waals surface area contributed by atoms with Crippen LogP contribution in [0.2, 0.25) is 0 Å². The second-order valence-corrected chi connectivity index (χ2v) is 5.59. The minimum absolute atomic E-state index is 0.102. The molecular weight excluding hydrogens is 328 g/mol. The van der Waals surface area contributed by atoms with Crippen LogP contribution in [0, 0.1) is 0 Å². The number of carboxylic acids is 1. The van der Waals surface area contributed by atoms with Gasteiger partial charge in [-0.15, -0.1) is 0 Å². The molecule has 1 aromatic rings. The number of carbonyl (C=O) groups excluding carboxylic acids is 1. The summed E-state index contributed by atoms with van der Waals surface area (Å²) < 4.78 is 10.8. The molecule has 0 heterocycles. The zero-order valence-corrected chi connectivity index (χ0v) is 14.5. The highest BCUT2D eigenvalue weighted by atomic mass is 16.5. The van der Waals surface area contributed by atoms with Gasteiger partial charge in [-0.3, -0.25) is 9.59 Å². The molecule has 0 bridgehead atoms. The lowest BCUT2D eigenvalue weighted by Crippen LogP contribution is -2.49. The van der Waals surface area contributed by atoms with E-state index in [1.807, 2.05) is 30.3 Å². The number of nitrogens with one attached hydrogen (secondary N) is 2. The molecule has 0 saturated carbocycles. The van der Waals surface area contributed by atoms with Gasteiger partial charge in [-0.2, -0.15) is 0 Å². The van der Waals surface area contributed by atoms with Crippen molar-refractivity contribution in [1.29, 1.82) is 0 Å². The molecule has 4 N–H and O–H groups in total. The summed E-state index contributed by atoms with van der Waals surface area (Å²) in [6.07, 6.45) is -0.788. The second-order valence-electron chi connectivity index (χ2n) is 5.59. The fourth-order valence-corrected chi connectivity index (χ4v) is 1.82. The van der Waals surface area contributed by atoms with E-state index in [4.69, 9.17) is 14.6 Å². The highest BCUT2D eigenvalue weighted by molar-refractivity contribution is 5.86. The summed E-state index contributed by atoms with van der Waals surface area (Å²) in [6.45, 7) is 3.92. The van der Waals surface area contributed by atoms with Crippen molar-refractivity contribution in [3.05, 3.63) is 30.3 Å². The lowest BCUT2D eigenvalue weighted by atomic mass is 10.2. The Kier molecular flexibility index (Phi) is 9.53. The quantitative estimate of drug-likeness (QED) is 0.391. The van der Waals surface area contributed by atoms with Crippen LogP contribution in [0.5, 0.6) is 5.75 Å². The largest absolute Gasteiger partial charge is 0.491 e. The Morgan fingerprint density at radius 2 is 1.80 bits per heavy atom. The smallest absolute Gasteiger partial charge is 0.325 e. The average molecular weight is 354 g/mol. The summed E-state index contributed by atoms with van der Waals surface area (Å²) in [6, 6.07) is 7.75. The Bertz CT molecular complexity index is 525. The monoisotopic (exact) mass is 354 g/mol. The second kappa shape index (κ2) is 11.4. The number of aliphatic hydroxyl groups is 1. The van der Waals surface area contributed by atoms with Gasteiger partial charge >= 0.3 is 5.97 Å². The van der Waals surface area contributed by atoms with Crippen LogP contribution in [0.25, 0.3) is 0 Å². The lowest BCUT2D eigenvalue weighted by molar-refractivity contribution is -0.141. The van der Waals surface area contributed by atoms with Gasteiger partial charge in [-0.1, -0.05) is 18.2 Å². The maximum atomic E-state index is 11.7. The Labute approximate surface area is 147 Å². The highest BCUT2D eigenvalue weighted by Gasteiger charge is 2.19. The van der Waals surface area contributed by atoms with Crippen molar-refractivity contribution in [2.75, 3.05) is 26.4 Å². The number of carbonyl (C=O) groups is 2. The van der Waals surface area contributed by atoms with Crippen LogP contribution in [0.4, 0.5) is 0 Å². The van der Waals surface area contributed by atoms with Crippen molar-refractivity contribution in [3.8, 4) is 5.75 Å². The van der Waals surface area contributed by atoms with Crippen LogP contribution in [0.3, 0.4) is 0 Å². The van der Waals surface area contributed by atoms with Crippen LogP contribution < -0.4 is 15.4 Å². The Morgan fingerprint density at radius 1 is 1.12 bits per heavy atom. The summed E-state index contributed by atoms with van der Waals surface area (Å²) in [4.78, 5) is 22.4. The van der Waals surface area contributed by atoms with Crippen molar-refractivity contribution in [2.45, 2.75) is 32.0 Å². The Morgan fingerprint density at radius 3 is 2.44 bits per heavy atom. The van der Waals surface area contributed by atoms with Crippen molar-refractivity contribution in [1.82, 2.24) is 10.6 Å². The van der Waals surface area contributed by atoms with Gasteiger partial charge in [0.2, 0.25) is 5.91 Å². The summed E-state index contributed by atoms with van der Waals surface area (Å²) in [5.41, 5.74) is 0. The molecule has 25 heavy (non-hydrogen) atoms. The van der Waals surface area contributed by atoms with Crippen molar-refractivity contribution in [3.63, 3.8) is 0 Å². The van der Waals surface area contributed by atoms with E-state index in [1.165, 1.54) is 6.92 Å². The molecule has 0 fully saturated rings. The van der Waals surface area contributed by atoms with Gasteiger partial charge < -0.3 is 30.3 Å². The summed E-state index contributed by atoms with van der Waals surface area (Å²) in [7, 11) is 0. The predicted molar refractivity (Wildman–Crippen MR) is 91.5 cm³/mol. The summed E-state index contributed by atoms with van der Waals surface area (Å²) >= 11 is 0. The van der Waals surface area contributed by atoms with Gasteiger partial charge in [-0.25, -0.2) is 0 Å². The first-order chi connectivity index (χ1) is 11.9. The molecule has 1 aromatic carbocycles. The van der Waals surface area contributed by atoms with Gasteiger partial charge in [0.05, 0.1) is 25.4 Å². The third-order valence-electron chi connectivity index (χ3n) is 3.33. The maximum absolute atomic E-state index is 11.7. The number of carboxylic acid groups (broad SMARTS) is 1. The molecular formula is C17H26N2O6. The molecule has 0 aromatic heterocycles. The molecule has 8 heteroatoms. The van der Waals surface area contributed by atoms with Crippen LogP contribution in [0.1, 0.15) is 13.8 Å². The minimum Gasteiger partial charge on any atom is -0.491 e. The number of amides is 1. The number of benzene rings is 1. The standard InChI is InChI=1S/C17H26N2O6/c1-12(16(21)19-13(2)17(22)23)18-10-14(20)11-24-8-9-25-15-6-4-3-5-7-15/h3-7,12-14,18,20H,8-11H2,1-2H3,(H,19,21)(H,22,23). The molecule has 1 rings (SSSR count). The number of hydrogen-bond donors (Lipinski definition) is 4. The van der Waals surface area contributed by atoms with E-state index in [2.05, 4.69) is 10.6 Å². The number of aliphatic carboxylic acids is 1. The zero-order chi connectivity index (χ0) is 18.7. The van der Waals surface area contributed by atoms with E-state index in [0.717, 1.165) is 5.75 Å². The first-order valence-electron chi connectivity index (χ1n) is 8.10. The Balaban J connectivity index is 2.10. The van der Waals surface area contributed by atoms with Gasteiger partial charge in [-0.05, 0) is 26.0 Å². The van der Waals surface area contributed by atoms with Gasteiger partial charge in [0, 0.05) is 6.54 Å². The molecule has 1 amide bonds. The summed E-state index contributed by atoms with van der Waals surface area (Å²) in [5, 5.41) is 23.7. The topological polar surface area (TPSA) is 117 Å². The zero-order valence-electron chi connectivity index (χ0n) is 14.5. The Hall–Kier alpha value is -2.16. The number of rotatable bonds is 12. The molecule has 8 nitrogen and oxygen atoms in total. The average Bonchev–Trinajstić information content (AvgIpc) is 2.60. The van der Waals surface area contributed by atoms with Gasteiger partial charge in [0.15, 0.2) is 0 Å². The minimum atomic E-state index is -1.10. The molecule has 140 valence electrons.